The molecular weight excluding hydrogens is 260 g/mol. The van der Waals surface area contributed by atoms with E-state index in [0.29, 0.717) is 5.56 Å². The van der Waals surface area contributed by atoms with Gasteiger partial charge < -0.3 is 10.3 Å². The fraction of sp³-hybridized carbons (Fsp3) is 0.389. The highest BCUT2D eigenvalue weighted by atomic mass is 16.1. The van der Waals surface area contributed by atoms with E-state index in [0.717, 1.165) is 24.2 Å². The molecule has 0 aliphatic heterocycles. The topological polar surface area (TPSA) is 48.0 Å². The van der Waals surface area contributed by atoms with E-state index in [9.17, 15) is 4.79 Å². The quantitative estimate of drug-likeness (QED) is 0.937. The zero-order valence-corrected chi connectivity index (χ0v) is 13.3. The van der Waals surface area contributed by atoms with Gasteiger partial charge >= 0.3 is 0 Å². The molecule has 0 amide bonds. The van der Waals surface area contributed by atoms with Crippen LogP contribution in [-0.2, 0) is 6.54 Å². The number of hydrogen-bond acceptors (Lipinski definition) is 2. The van der Waals surface area contributed by atoms with Crippen LogP contribution < -0.4 is 11.3 Å². The Bertz CT molecular complexity index is 701. The lowest BCUT2D eigenvalue weighted by Gasteiger charge is -2.17. The van der Waals surface area contributed by atoms with Crippen molar-refractivity contribution in [1.82, 2.24) is 4.57 Å². The summed E-state index contributed by atoms with van der Waals surface area (Å²) in [7, 11) is 0. The predicted octanol–water partition coefficient (Wildman–Crippen LogP) is 3.23. The first kappa shape index (κ1) is 15.5. The SMILES string of the molecule is CCCn1c(C)ccc(C(N)c2ccc(C)c(C)c2)c1=O. The molecule has 0 aliphatic rings. The Kier molecular flexibility index (Phi) is 4.63. The van der Waals surface area contributed by atoms with Gasteiger partial charge in [-0.05, 0) is 56.0 Å². The third kappa shape index (κ3) is 3.08. The normalized spacial score (nSPS) is 12.4. The molecule has 1 aromatic heterocycles. The Hall–Kier alpha value is -1.87. The highest BCUT2D eigenvalue weighted by molar-refractivity contribution is 5.36. The molecule has 0 saturated heterocycles. The van der Waals surface area contributed by atoms with Gasteiger partial charge in [0.2, 0.25) is 0 Å². The van der Waals surface area contributed by atoms with Crippen molar-refractivity contribution in [2.75, 3.05) is 0 Å². The van der Waals surface area contributed by atoms with Crippen LogP contribution in [0.4, 0.5) is 0 Å². The van der Waals surface area contributed by atoms with Gasteiger partial charge in [-0.2, -0.15) is 0 Å². The zero-order valence-electron chi connectivity index (χ0n) is 13.3. The standard InChI is InChI=1S/C18H24N2O/c1-5-10-20-14(4)7-9-16(18(20)21)17(19)15-8-6-12(2)13(3)11-15/h6-9,11,17H,5,10,19H2,1-4H3. The molecule has 21 heavy (non-hydrogen) atoms. The lowest BCUT2D eigenvalue weighted by molar-refractivity contribution is 0.623. The van der Waals surface area contributed by atoms with Crippen molar-refractivity contribution in [2.24, 2.45) is 5.73 Å². The van der Waals surface area contributed by atoms with Crippen LogP contribution in [0.25, 0.3) is 0 Å². The largest absolute Gasteiger partial charge is 0.320 e. The van der Waals surface area contributed by atoms with Crippen LogP contribution >= 0.6 is 0 Å². The number of pyridine rings is 1. The molecule has 1 heterocycles. The van der Waals surface area contributed by atoms with Crippen molar-refractivity contribution in [3.63, 3.8) is 0 Å². The van der Waals surface area contributed by atoms with Crippen molar-refractivity contribution in [3.05, 3.63) is 68.6 Å². The molecule has 1 aromatic carbocycles. The first-order chi connectivity index (χ1) is 9.95. The number of benzene rings is 1. The number of nitrogens with two attached hydrogens (primary N) is 1. The first-order valence-corrected chi connectivity index (χ1v) is 7.48. The molecule has 3 nitrogen and oxygen atoms in total. The summed E-state index contributed by atoms with van der Waals surface area (Å²) in [5.74, 6) is 0. The van der Waals surface area contributed by atoms with Crippen LogP contribution in [0.5, 0.6) is 0 Å². The van der Waals surface area contributed by atoms with Crippen molar-refractivity contribution in [1.29, 1.82) is 0 Å². The average Bonchev–Trinajstić information content (AvgIpc) is 2.46. The van der Waals surface area contributed by atoms with Crippen molar-refractivity contribution in [2.45, 2.75) is 46.7 Å². The van der Waals surface area contributed by atoms with E-state index >= 15 is 0 Å². The van der Waals surface area contributed by atoms with Crippen LogP contribution in [0.2, 0.25) is 0 Å². The summed E-state index contributed by atoms with van der Waals surface area (Å²) in [4.78, 5) is 12.6. The summed E-state index contributed by atoms with van der Waals surface area (Å²) < 4.78 is 1.82. The number of aryl methyl sites for hydroxylation is 3. The van der Waals surface area contributed by atoms with Crippen LogP contribution in [0.15, 0.2) is 35.1 Å². The predicted molar refractivity (Wildman–Crippen MR) is 87.7 cm³/mol. The third-order valence-corrected chi connectivity index (χ3v) is 4.09. The van der Waals surface area contributed by atoms with Gasteiger partial charge in [0, 0.05) is 17.8 Å². The number of rotatable bonds is 4. The summed E-state index contributed by atoms with van der Waals surface area (Å²) in [6, 6.07) is 9.61. The van der Waals surface area contributed by atoms with E-state index in [2.05, 4.69) is 32.9 Å². The van der Waals surface area contributed by atoms with Gasteiger partial charge in [0.1, 0.15) is 0 Å². The summed E-state index contributed by atoms with van der Waals surface area (Å²) in [5, 5.41) is 0. The van der Waals surface area contributed by atoms with Gasteiger partial charge in [0.05, 0.1) is 6.04 Å². The average molecular weight is 284 g/mol. The summed E-state index contributed by atoms with van der Waals surface area (Å²) in [5.41, 5.74) is 11.4. The van der Waals surface area contributed by atoms with Gasteiger partial charge in [0.25, 0.3) is 5.56 Å². The summed E-state index contributed by atoms with van der Waals surface area (Å²) >= 11 is 0. The monoisotopic (exact) mass is 284 g/mol. The van der Waals surface area contributed by atoms with Crippen molar-refractivity contribution < 1.29 is 0 Å². The van der Waals surface area contributed by atoms with Gasteiger partial charge in [-0.3, -0.25) is 4.79 Å². The van der Waals surface area contributed by atoms with E-state index < -0.39 is 0 Å². The first-order valence-electron chi connectivity index (χ1n) is 7.48. The Labute approximate surface area is 126 Å². The fourth-order valence-corrected chi connectivity index (χ4v) is 2.56. The smallest absolute Gasteiger partial charge is 0.255 e. The van der Waals surface area contributed by atoms with E-state index in [1.165, 1.54) is 11.1 Å². The molecule has 2 aromatic rings. The van der Waals surface area contributed by atoms with Gasteiger partial charge in [-0.15, -0.1) is 0 Å². The molecule has 0 aliphatic carbocycles. The maximum atomic E-state index is 12.6. The van der Waals surface area contributed by atoms with Crippen LogP contribution in [0, 0.1) is 20.8 Å². The van der Waals surface area contributed by atoms with E-state index in [4.69, 9.17) is 5.73 Å². The van der Waals surface area contributed by atoms with Gasteiger partial charge in [-0.1, -0.05) is 25.1 Å². The zero-order chi connectivity index (χ0) is 15.6. The maximum absolute atomic E-state index is 12.6. The minimum Gasteiger partial charge on any atom is -0.320 e. The lowest BCUT2D eigenvalue weighted by atomic mass is 9.97. The Morgan fingerprint density at radius 3 is 2.43 bits per heavy atom. The van der Waals surface area contributed by atoms with E-state index in [1.54, 1.807) is 0 Å². The number of aromatic nitrogens is 1. The van der Waals surface area contributed by atoms with Crippen molar-refractivity contribution in [3.8, 4) is 0 Å². The molecular formula is C18H24N2O. The Morgan fingerprint density at radius 2 is 1.81 bits per heavy atom. The fourth-order valence-electron chi connectivity index (χ4n) is 2.56. The molecule has 1 unspecified atom stereocenters. The molecule has 0 bridgehead atoms. The maximum Gasteiger partial charge on any atom is 0.255 e. The van der Waals surface area contributed by atoms with Crippen molar-refractivity contribution >= 4 is 0 Å². The summed E-state index contributed by atoms with van der Waals surface area (Å²) in [6.45, 7) is 8.91. The number of hydrogen-bond donors (Lipinski definition) is 1. The second-order valence-electron chi connectivity index (χ2n) is 5.71. The van der Waals surface area contributed by atoms with Crippen LogP contribution in [0.3, 0.4) is 0 Å². The third-order valence-electron chi connectivity index (χ3n) is 4.09. The van der Waals surface area contributed by atoms with Crippen LogP contribution in [-0.4, -0.2) is 4.57 Å². The van der Waals surface area contributed by atoms with Crippen LogP contribution in [0.1, 0.15) is 47.3 Å². The second kappa shape index (κ2) is 6.27. The van der Waals surface area contributed by atoms with Gasteiger partial charge in [0.15, 0.2) is 0 Å². The van der Waals surface area contributed by atoms with Gasteiger partial charge in [-0.25, -0.2) is 0 Å². The minimum absolute atomic E-state index is 0.0302. The molecule has 3 heteroatoms. The molecule has 2 N–H and O–H groups in total. The highest BCUT2D eigenvalue weighted by Gasteiger charge is 2.15. The Balaban J connectivity index is 2.48. The highest BCUT2D eigenvalue weighted by Crippen LogP contribution is 2.20. The molecule has 0 spiro atoms. The Morgan fingerprint density at radius 1 is 1.10 bits per heavy atom. The lowest BCUT2D eigenvalue weighted by Crippen LogP contribution is -2.30. The number of nitrogens with zero attached hydrogens (tertiary/aromatic N) is 1. The van der Waals surface area contributed by atoms with E-state index in [1.807, 2.05) is 29.7 Å². The van der Waals surface area contributed by atoms with E-state index in [-0.39, 0.29) is 11.6 Å². The molecule has 112 valence electrons. The molecule has 0 fully saturated rings. The molecule has 0 radical (unpaired) electrons. The minimum atomic E-state index is -0.375. The second-order valence-corrected chi connectivity index (χ2v) is 5.71. The molecule has 1 atom stereocenters. The molecule has 2 rings (SSSR count). The summed E-state index contributed by atoms with van der Waals surface area (Å²) in [6.07, 6.45) is 0.934. The molecule has 0 saturated carbocycles.